The first-order valence-corrected chi connectivity index (χ1v) is 7.77. The Morgan fingerprint density at radius 2 is 2.09 bits per heavy atom. The Morgan fingerprint density at radius 1 is 1.45 bits per heavy atom. The van der Waals surface area contributed by atoms with Crippen LogP contribution in [0.3, 0.4) is 0 Å². The maximum absolute atomic E-state index is 12.2. The second kappa shape index (κ2) is 7.03. The van der Waals surface area contributed by atoms with Crippen LogP contribution in [0.4, 0.5) is 18.0 Å². The van der Waals surface area contributed by atoms with Crippen molar-refractivity contribution < 1.29 is 35.3 Å². The van der Waals surface area contributed by atoms with Crippen molar-refractivity contribution in [2.45, 2.75) is 44.7 Å². The molecule has 1 amide bonds. The number of amides is 1. The zero-order valence-electron chi connectivity index (χ0n) is 11.9. The van der Waals surface area contributed by atoms with Crippen LogP contribution < -0.4 is 5.32 Å². The molecule has 0 radical (unpaired) electrons. The fraction of sp³-hybridized carbons (Fsp3) is 0.583. The maximum Gasteiger partial charge on any atom is 0.534 e. The van der Waals surface area contributed by atoms with Gasteiger partial charge in [0, 0.05) is 12.5 Å². The highest BCUT2D eigenvalue weighted by molar-refractivity contribution is 7.87. The number of rotatable bonds is 4. The van der Waals surface area contributed by atoms with E-state index in [4.69, 9.17) is 4.74 Å². The van der Waals surface area contributed by atoms with Gasteiger partial charge < -0.3 is 14.2 Å². The van der Waals surface area contributed by atoms with E-state index in [9.17, 15) is 26.4 Å². The van der Waals surface area contributed by atoms with E-state index in [2.05, 4.69) is 9.50 Å². The van der Waals surface area contributed by atoms with E-state index in [-0.39, 0.29) is 31.1 Å². The van der Waals surface area contributed by atoms with Gasteiger partial charge in [-0.3, -0.25) is 0 Å². The van der Waals surface area contributed by atoms with Gasteiger partial charge in [0.2, 0.25) is 0 Å². The normalized spacial score (nSPS) is 20.1. The third kappa shape index (κ3) is 5.24. The Balaban J connectivity index is 2.55. The molecule has 0 fully saturated rings. The largest absolute Gasteiger partial charge is 0.534 e. The van der Waals surface area contributed by atoms with Gasteiger partial charge in [-0.15, -0.1) is 0 Å². The van der Waals surface area contributed by atoms with Crippen molar-refractivity contribution in [2.75, 3.05) is 0 Å². The van der Waals surface area contributed by atoms with Gasteiger partial charge in [-0.25, -0.2) is 4.79 Å². The molecule has 0 aromatic heterocycles. The highest BCUT2D eigenvalue weighted by Gasteiger charge is 2.48. The summed E-state index contributed by atoms with van der Waals surface area (Å²) >= 11 is 0. The molecule has 0 spiro atoms. The number of allylic oxidation sites excluding steroid dienone is 3. The fourth-order valence-corrected chi connectivity index (χ4v) is 2.13. The number of hydrogen-bond donors (Lipinski definition) is 1. The van der Waals surface area contributed by atoms with Gasteiger partial charge in [-0.2, -0.15) is 21.6 Å². The van der Waals surface area contributed by atoms with Gasteiger partial charge in [-0.05, 0) is 38.8 Å². The van der Waals surface area contributed by atoms with Crippen molar-refractivity contribution >= 4 is 16.2 Å². The lowest BCUT2D eigenvalue weighted by Crippen LogP contribution is -2.36. The molecule has 0 saturated carbocycles. The van der Waals surface area contributed by atoms with Gasteiger partial charge in [0.1, 0.15) is 11.5 Å². The highest BCUT2D eigenvalue weighted by Crippen LogP contribution is 2.29. The quantitative estimate of drug-likeness (QED) is 0.482. The van der Waals surface area contributed by atoms with Gasteiger partial charge in [-0.1, -0.05) is 0 Å². The number of ether oxygens (including phenoxy) is 1. The van der Waals surface area contributed by atoms with E-state index >= 15 is 0 Å². The number of halogens is 3. The molecule has 6 nitrogen and oxygen atoms in total. The molecule has 1 atom stereocenters. The molecule has 22 heavy (non-hydrogen) atoms. The molecule has 1 rings (SSSR count). The number of alkyl carbamates (subject to hydrolysis) is 1. The molecule has 0 heterocycles. The Kier molecular flexibility index (Phi) is 5.86. The van der Waals surface area contributed by atoms with Crippen LogP contribution in [0.15, 0.2) is 23.7 Å². The van der Waals surface area contributed by atoms with E-state index < -0.39 is 21.7 Å². The number of carbonyl (C=O) groups is 1. The molecule has 1 N–H and O–H groups in total. The molecular formula is C12H16F3NO5S. The zero-order chi connectivity index (χ0) is 17.0. The standard InChI is InChI=1S/C12H16F3NO5S/c1-3-8(2)20-11(17)16-9-4-6-10(7-5-9)21-22(18,19)12(13,14)15/h3,6,9H,4-5,7H2,1-2H3,(H,16,17)/b8-3-. The smallest absolute Gasteiger partial charge is 0.416 e. The molecule has 1 unspecified atom stereocenters. The molecule has 1 aliphatic rings. The van der Waals surface area contributed by atoms with Crippen molar-refractivity contribution in [3.8, 4) is 0 Å². The first-order valence-electron chi connectivity index (χ1n) is 6.36. The third-order valence-corrected chi connectivity index (χ3v) is 3.85. The van der Waals surface area contributed by atoms with E-state index in [1.54, 1.807) is 19.9 Å². The van der Waals surface area contributed by atoms with Crippen LogP contribution in [0.25, 0.3) is 0 Å². The van der Waals surface area contributed by atoms with Crippen molar-refractivity contribution in [2.24, 2.45) is 0 Å². The van der Waals surface area contributed by atoms with Crippen LogP contribution in [0.2, 0.25) is 0 Å². The molecule has 1 aliphatic carbocycles. The molecule has 0 aliphatic heterocycles. The summed E-state index contributed by atoms with van der Waals surface area (Å²) in [5, 5.41) is 2.52. The minimum atomic E-state index is -5.64. The molecular weight excluding hydrogens is 327 g/mol. The number of carbonyl (C=O) groups excluding carboxylic acids is 1. The summed E-state index contributed by atoms with van der Waals surface area (Å²) in [4.78, 5) is 11.5. The van der Waals surface area contributed by atoms with Crippen LogP contribution in [0.5, 0.6) is 0 Å². The summed E-state index contributed by atoms with van der Waals surface area (Å²) in [7, 11) is -5.64. The van der Waals surface area contributed by atoms with Crippen LogP contribution in [-0.2, 0) is 19.0 Å². The van der Waals surface area contributed by atoms with Gasteiger partial charge in [0.05, 0.1) is 0 Å². The minimum absolute atomic E-state index is 0.0388. The molecule has 126 valence electrons. The molecule has 0 bridgehead atoms. The average molecular weight is 343 g/mol. The second-order valence-corrected chi connectivity index (χ2v) is 6.10. The molecule has 0 saturated heterocycles. The lowest BCUT2D eigenvalue weighted by molar-refractivity contribution is -0.0524. The summed E-state index contributed by atoms with van der Waals surface area (Å²) in [5.41, 5.74) is -5.46. The van der Waals surface area contributed by atoms with E-state index in [0.29, 0.717) is 5.76 Å². The summed E-state index contributed by atoms with van der Waals surface area (Å²) < 4.78 is 67.1. The maximum atomic E-state index is 12.2. The predicted molar refractivity (Wildman–Crippen MR) is 70.8 cm³/mol. The molecule has 10 heteroatoms. The molecule has 0 aromatic carbocycles. The second-order valence-electron chi connectivity index (χ2n) is 4.56. The topological polar surface area (TPSA) is 81.7 Å². The van der Waals surface area contributed by atoms with Crippen LogP contribution >= 0.6 is 0 Å². The molecule has 0 aromatic rings. The van der Waals surface area contributed by atoms with Crippen molar-refractivity contribution in [3.63, 3.8) is 0 Å². The highest BCUT2D eigenvalue weighted by atomic mass is 32.2. The zero-order valence-corrected chi connectivity index (χ0v) is 12.8. The van der Waals surface area contributed by atoms with E-state index in [1.807, 2.05) is 0 Å². The van der Waals surface area contributed by atoms with Crippen molar-refractivity contribution in [1.29, 1.82) is 0 Å². The van der Waals surface area contributed by atoms with Crippen molar-refractivity contribution in [3.05, 3.63) is 23.7 Å². The van der Waals surface area contributed by atoms with Crippen LogP contribution in [-0.4, -0.2) is 26.1 Å². The Bertz CT molecular complexity index is 580. The van der Waals surface area contributed by atoms with E-state index in [1.165, 1.54) is 6.08 Å². The van der Waals surface area contributed by atoms with Gasteiger partial charge in [0.25, 0.3) is 0 Å². The first kappa shape index (κ1) is 18.3. The predicted octanol–water partition coefficient (Wildman–Crippen LogP) is 2.94. The lowest BCUT2D eigenvalue weighted by atomic mass is 10.0. The Hall–Kier alpha value is -1.71. The first-order chi connectivity index (χ1) is 10.0. The fourth-order valence-electron chi connectivity index (χ4n) is 1.61. The van der Waals surface area contributed by atoms with Gasteiger partial charge in [0.15, 0.2) is 0 Å². The summed E-state index contributed by atoms with van der Waals surface area (Å²) in [6.07, 6.45) is 2.47. The monoisotopic (exact) mass is 343 g/mol. The minimum Gasteiger partial charge on any atom is -0.416 e. The summed E-state index contributed by atoms with van der Waals surface area (Å²) in [6.45, 7) is 3.28. The number of hydrogen-bond acceptors (Lipinski definition) is 5. The van der Waals surface area contributed by atoms with Crippen LogP contribution in [0.1, 0.15) is 33.1 Å². The summed E-state index contributed by atoms with van der Waals surface area (Å²) in [5.74, 6) is 0.123. The van der Waals surface area contributed by atoms with Crippen LogP contribution in [0, 0.1) is 0 Å². The average Bonchev–Trinajstić information content (AvgIpc) is 2.39. The van der Waals surface area contributed by atoms with Crippen molar-refractivity contribution in [1.82, 2.24) is 5.32 Å². The summed E-state index contributed by atoms with van der Waals surface area (Å²) in [6, 6.07) is -0.363. The third-order valence-electron chi connectivity index (χ3n) is 2.85. The van der Waals surface area contributed by atoms with E-state index in [0.717, 1.165) is 0 Å². The Labute approximate surface area is 126 Å². The number of nitrogens with one attached hydrogen (secondary N) is 1. The SMILES string of the molecule is C/C=C(/C)OC(=O)NC1CC=C(OS(=O)(=O)C(F)(F)F)CC1. The number of alkyl halides is 3. The Morgan fingerprint density at radius 3 is 2.55 bits per heavy atom. The lowest BCUT2D eigenvalue weighted by Gasteiger charge is -2.22. The van der Waals surface area contributed by atoms with Gasteiger partial charge >= 0.3 is 21.7 Å².